The first kappa shape index (κ1) is 10.2. The van der Waals surface area contributed by atoms with Gasteiger partial charge in [-0.15, -0.1) is 0 Å². The molecule has 0 spiro atoms. The standard InChI is InChI=1S/C14H17N/c1-15(2)14(13-10-6-7-11-13)12-8-4-3-5-9-12/h3-10,14H,11H2,1-2H3/t14-/m0/s1. The van der Waals surface area contributed by atoms with E-state index in [1.54, 1.807) is 0 Å². The Morgan fingerprint density at radius 2 is 1.87 bits per heavy atom. The van der Waals surface area contributed by atoms with Crippen LogP contribution in [0.4, 0.5) is 0 Å². The zero-order chi connectivity index (χ0) is 10.7. The largest absolute Gasteiger partial charge is 0.299 e. The predicted molar refractivity (Wildman–Crippen MR) is 64.7 cm³/mol. The van der Waals surface area contributed by atoms with E-state index in [0.29, 0.717) is 6.04 Å². The van der Waals surface area contributed by atoms with Gasteiger partial charge in [0.1, 0.15) is 0 Å². The zero-order valence-electron chi connectivity index (χ0n) is 9.35. The van der Waals surface area contributed by atoms with E-state index in [-0.39, 0.29) is 0 Å². The minimum atomic E-state index is 0.418. The van der Waals surface area contributed by atoms with Gasteiger partial charge in [0.05, 0.1) is 6.04 Å². The number of benzene rings is 1. The maximum atomic E-state index is 2.27. The molecule has 2 rings (SSSR count). The first-order valence-electron chi connectivity index (χ1n) is 5.36. The van der Waals surface area contributed by atoms with Gasteiger partial charge >= 0.3 is 0 Å². The highest BCUT2D eigenvalue weighted by Crippen LogP contribution is 2.30. The third kappa shape index (κ3) is 2.18. The van der Waals surface area contributed by atoms with E-state index >= 15 is 0 Å². The summed E-state index contributed by atoms with van der Waals surface area (Å²) in [6.45, 7) is 0. The van der Waals surface area contributed by atoms with Crippen LogP contribution in [-0.4, -0.2) is 19.0 Å². The van der Waals surface area contributed by atoms with E-state index in [1.165, 1.54) is 11.1 Å². The lowest BCUT2D eigenvalue weighted by Gasteiger charge is -2.26. The first-order chi connectivity index (χ1) is 7.29. The number of hydrogen-bond donors (Lipinski definition) is 0. The SMILES string of the molecule is CN(C)[C@H](C1=CC=CC1)c1ccccc1. The molecule has 0 fully saturated rings. The van der Waals surface area contributed by atoms with Gasteiger partial charge < -0.3 is 0 Å². The fourth-order valence-corrected chi connectivity index (χ4v) is 2.15. The lowest BCUT2D eigenvalue weighted by Crippen LogP contribution is -2.21. The van der Waals surface area contributed by atoms with Crippen LogP contribution in [0.3, 0.4) is 0 Å². The van der Waals surface area contributed by atoms with Crippen molar-refractivity contribution >= 4 is 0 Å². The highest BCUT2D eigenvalue weighted by molar-refractivity contribution is 5.34. The minimum Gasteiger partial charge on any atom is -0.299 e. The van der Waals surface area contributed by atoms with E-state index in [2.05, 4.69) is 67.6 Å². The average molecular weight is 199 g/mol. The molecule has 1 heteroatoms. The molecule has 0 aliphatic heterocycles. The summed E-state index contributed by atoms with van der Waals surface area (Å²) in [4.78, 5) is 2.27. The zero-order valence-corrected chi connectivity index (χ0v) is 9.35. The fourth-order valence-electron chi connectivity index (χ4n) is 2.15. The Morgan fingerprint density at radius 1 is 1.13 bits per heavy atom. The monoisotopic (exact) mass is 199 g/mol. The lowest BCUT2D eigenvalue weighted by atomic mass is 9.97. The Bertz CT molecular complexity index is 374. The number of allylic oxidation sites excluding steroid dienone is 3. The van der Waals surface area contributed by atoms with Gasteiger partial charge in [-0.25, -0.2) is 0 Å². The summed E-state index contributed by atoms with van der Waals surface area (Å²) in [6, 6.07) is 11.1. The second kappa shape index (κ2) is 4.45. The van der Waals surface area contributed by atoms with Crippen molar-refractivity contribution < 1.29 is 0 Å². The summed E-state index contributed by atoms with van der Waals surface area (Å²) >= 11 is 0. The third-order valence-corrected chi connectivity index (χ3v) is 2.78. The summed E-state index contributed by atoms with van der Waals surface area (Å²) in [6.07, 6.45) is 7.68. The molecule has 0 unspecified atom stereocenters. The average Bonchev–Trinajstić information content (AvgIpc) is 2.72. The molecule has 1 nitrogen and oxygen atoms in total. The Balaban J connectivity index is 2.28. The van der Waals surface area contributed by atoms with E-state index in [4.69, 9.17) is 0 Å². The molecule has 0 heterocycles. The maximum absolute atomic E-state index is 2.27. The molecule has 0 radical (unpaired) electrons. The second-order valence-electron chi connectivity index (χ2n) is 4.15. The van der Waals surface area contributed by atoms with Gasteiger partial charge in [0.15, 0.2) is 0 Å². The van der Waals surface area contributed by atoms with Crippen molar-refractivity contribution in [2.24, 2.45) is 0 Å². The molecular weight excluding hydrogens is 182 g/mol. The first-order valence-corrected chi connectivity index (χ1v) is 5.36. The Labute approximate surface area is 91.7 Å². The summed E-state index contributed by atoms with van der Waals surface area (Å²) in [7, 11) is 4.27. The topological polar surface area (TPSA) is 3.24 Å². The molecule has 0 saturated carbocycles. The van der Waals surface area contributed by atoms with Crippen molar-refractivity contribution in [3.8, 4) is 0 Å². The number of nitrogens with zero attached hydrogens (tertiary/aromatic N) is 1. The smallest absolute Gasteiger partial charge is 0.0562 e. The van der Waals surface area contributed by atoms with E-state index in [9.17, 15) is 0 Å². The molecule has 1 aliphatic rings. The summed E-state index contributed by atoms with van der Waals surface area (Å²) in [5, 5.41) is 0. The van der Waals surface area contributed by atoms with Crippen LogP contribution in [0.15, 0.2) is 54.1 Å². The lowest BCUT2D eigenvalue weighted by molar-refractivity contribution is 0.335. The Kier molecular flexibility index (Phi) is 3.02. The van der Waals surface area contributed by atoms with Gasteiger partial charge in [-0.05, 0) is 31.7 Å². The molecule has 0 saturated heterocycles. The molecule has 0 N–H and O–H groups in total. The van der Waals surface area contributed by atoms with Crippen molar-refractivity contribution in [1.82, 2.24) is 4.90 Å². The molecule has 15 heavy (non-hydrogen) atoms. The van der Waals surface area contributed by atoms with Crippen molar-refractivity contribution in [3.05, 3.63) is 59.7 Å². The van der Waals surface area contributed by atoms with Crippen LogP contribution in [0.5, 0.6) is 0 Å². The third-order valence-electron chi connectivity index (χ3n) is 2.78. The van der Waals surface area contributed by atoms with Crippen LogP contribution in [0, 0.1) is 0 Å². The van der Waals surface area contributed by atoms with Gasteiger partial charge in [0.2, 0.25) is 0 Å². The molecule has 1 aromatic carbocycles. The Morgan fingerprint density at radius 3 is 2.40 bits per heavy atom. The highest BCUT2D eigenvalue weighted by Gasteiger charge is 2.18. The van der Waals surface area contributed by atoms with Gasteiger partial charge in [-0.2, -0.15) is 0 Å². The summed E-state index contributed by atoms with van der Waals surface area (Å²) < 4.78 is 0. The second-order valence-corrected chi connectivity index (χ2v) is 4.15. The van der Waals surface area contributed by atoms with Gasteiger partial charge in [-0.3, -0.25) is 4.90 Å². The van der Waals surface area contributed by atoms with Crippen LogP contribution in [0.25, 0.3) is 0 Å². The molecule has 1 atom stereocenters. The molecule has 78 valence electrons. The van der Waals surface area contributed by atoms with E-state index < -0.39 is 0 Å². The van der Waals surface area contributed by atoms with E-state index in [0.717, 1.165) is 6.42 Å². The highest BCUT2D eigenvalue weighted by atomic mass is 15.1. The van der Waals surface area contributed by atoms with Crippen LogP contribution in [-0.2, 0) is 0 Å². The van der Waals surface area contributed by atoms with Crippen LogP contribution in [0.2, 0.25) is 0 Å². The summed E-state index contributed by atoms with van der Waals surface area (Å²) in [5.41, 5.74) is 2.85. The quantitative estimate of drug-likeness (QED) is 0.722. The predicted octanol–water partition coefficient (Wildman–Crippen LogP) is 3.18. The van der Waals surface area contributed by atoms with Crippen LogP contribution < -0.4 is 0 Å². The molecule has 0 aromatic heterocycles. The minimum absolute atomic E-state index is 0.418. The van der Waals surface area contributed by atoms with Crippen LogP contribution in [0.1, 0.15) is 18.0 Å². The van der Waals surface area contributed by atoms with Crippen LogP contribution >= 0.6 is 0 Å². The van der Waals surface area contributed by atoms with E-state index in [1.807, 2.05) is 0 Å². The molecule has 1 aliphatic carbocycles. The molecule has 0 bridgehead atoms. The number of hydrogen-bond acceptors (Lipinski definition) is 1. The van der Waals surface area contributed by atoms with Gasteiger partial charge in [-0.1, -0.05) is 48.6 Å². The Hall–Kier alpha value is -1.34. The number of likely N-dealkylation sites (N-methyl/N-ethyl adjacent to an activating group) is 1. The normalized spacial score (nSPS) is 16.9. The van der Waals surface area contributed by atoms with Crippen molar-refractivity contribution in [2.45, 2.75) is 12.5 Å². The molecular formula is C14H17N. The molecule has 1 aromatic rings. The summed E-state index contributed by atoms with van der Waals surface area (Å²) in [5.74, 6) is 0. The fraction of sp³-hybridized carbons (Fsp3) is 0.286. The molecule has 0 amide bonds. The number of rotatable bonds is 3. The van der Waals surface area contributed by atoms with Crippen molar-refractivity contribution in [1.29, 1.82) is 0 Å². The van der Waals surface area contributed by atoms with Crippen molar-refractivity contribution in [2.75, 3.05) is 14.1 Å². The maximum Gasteiger partial charge on any atom is 0.0562 e. The van der Waals surface area contributed by atoms with Crippen molar-refractivity contribution in [3.63, 3.8) is 0 Å². The van der Waals surface area contributed by atoms with Gasteiger partial charge in [0, 0.05) is 0 Å². The van der Waals surface area contributed by atoms with Gasteiger partial charge in [0.25, 0.3) is 0 Å².